The molecule has 120 valence electrons. The van der Waals surface area contributed by atoms with Crippen LogP contribution in [0.1, 0.15) is 52.9 Å². The molecule has 0 aromatic heterocycles. The molecule has 1 amide bonds. The molecule has 0 saturated carbocycles. The van der Waals surface area contributed by atoms with Crippen molar-refractivity contribution in [1.29, 1.82) is 0 Å². The van der Waals surface area contributed by atoms with Crippen LogP contribution in [0, 0.1) is 5.41 Å². The normalized spacial score (nSPS) is 28.1. The van der Waals surface area contributed by atoms with E-state index in [2.05, 4.69) is 0 Å². The average molecular weight is 296 g/mol. The van der Waals surface area contributed by atoms with Gasteiger partial charge in [0, 0.05) is 13.1 Å². The number of hydrogen-bond donors (Lipinski definition) is 1. The van der Waals surface area contributed by atoms with Crippen LogP contribution in [0.4, 0.5) is 0 Å². The van der Waals surface area contributed by atoms with Crippen molar-refractivity contribution in [1.82, 2.24) is 9.80 Å². The van der Waals surface area contributed by atoms with Crippen molar-refractivity contribution < 1.29 is 14.7 Å². The highest BCUT2D eigenvalue weighted by Crippen LogP contribution is 2.36. The van der Waals surface area contributed by atoms with Crippen LogP contribution in [0.3, 0.4) is 0 Å². The Morgan fingerprint density at radius 2 is 1.71 bits per heavy atom. The van der Waals surface area contributed by atoms with Crippen molar-refractivity contribution in [2.75, 3.05) is 19.6 Å². The van der Waals surface area contributed by atoms with Gasteiger partial charge in [0.25, 0.3) is 0 Å². The fourth-order valence-corrected chi connectivity index (χ4v) is 3.85. The molecule has 1 N–H and O–H groups in total. The number of piperidine rings is 2. The summed E-state index contributed by atoms with van der Waals surface area (Å²) in [4.78, 5) is 28.2. The van der Waals surface area contributed by atoms with Gasteiger partial charge in [-0.15, -0.1) is 0 Å². The summed E-state index contributed by atoms with van der Waals surface area (Å²) in [6, 6.07) is -0.918. The zero-order valence-electron chi connectivity index (χ0n) is 13.5. The molecule has 0 aliphatic carbocycles. The maximum atomic E-state index is 12.7. The highest BCUT2D eigenvalue weighted by molar-refractivity contribution is 5.83. The molecule has 0 aromatic rings. The first-order valence-electron chi connectivity index (χ1n) is 8.12. The molecule has 0 spiro atoms. The second-order valence-corrected chi connectivity index (χ2v) is 7.13. The molecule has 0 radical (unpaired) electrons. The summed E-state index contributed by atoms with van der Waals surface area (Å²) in [7, 11) is 0. The average Bonchev–Trinajstić information content (AvgIpc) is 2.45. The van der Waals surface area contributed by atoms with E-state index in [-0.39, 0.29) is 17.4 Å². The molecular weight excluding hydrogens is 268 g/mol. The number of carboxylic acid groups (broad SMARTS) is 1. The van der Waals surface area contributed by atoms with E-state index in [4.69, 9.17) is 0 Å². The molecule has 2 heterocycles. The molecule has 5 heteroatoms. The van der Waals surface area contributed by atoms with E-state index in [1.54, 1.807) is 0 Å². The lowest BCUT2D eigenvalue weighted by atomic mass is 9.75. The number of carbonyl (C=O) groups is 2. The smallest absolute Gasteiger partial charge is 0.321 e. The lowest BCUT2D eigenvalue weighted by molar-refractivity contribution is -0.156. The lowest BCUT2D eigenvalue weighted by Crippen LogP contribution is -2.60. The zero-order chi connectivity index (χ0) is 15.6. The lowest BCUT2D eigenvalue weighted by Gasteiger charge is -2.47. The summed E-state index contributed by atoms with van der Waals surface area (Å²) in [5, 5.41) is 9.62. The maximum absolute atomic E-state index is 12.7. The first-order chi connectivity index (χ1) is 9.84. The number of likely N-dealkylation sites (tertiary alicyclic amines) is 2. The number of aliphatic carboxylic acids is 1. The highest BCUT2D eigenvalue weighted by Gasteiger charge is 2.45. The second-order valence-electron chi connectivity index (χ2n) is 7.13. The first-order valence-corrected chi connectivity index (χ1v) is 8.12. The number of nitrogens with zero attached hydrogens (tertiary/aromatic N) is 2. The fraction of sp³-hybridized carbons (Fsp3) is 0.875. The van der Waals surface area contributed by atoms with Crippen LogP contribution in [-0.4, -0.2) is 58.5 Å². The third-order valence-corrected chi connectivity index (χ3v) is 5.07. The van der Waals surface area contributed by atoms with Crippen LogP contribution in [0.2, 0.25) is 0 Å². The van der Waals surface area contributed by atoms with Crippen molar-refractivity contribution in [3.8, 4) is 0 Å². The third-order valence-electron chi connectivity index (χ3n) is 5.07. The summed E-state index contributed by atoms with van der Waals surface area (Å²) >= 11 is 0. The summed E-state index contributed by atoms with van der Waals surface area (Å²) in [6.45, 7) is 8.19. The number of hydrogen-bond acceptors (Lipinski definition) is 3. The van der Waals surface area contributed by atoms with E-state index in [1.165, 1.54) is 6.42 Å². The Hall–Kier alpha value is -1.10. The third kappa shape index (κ3) is 3.39. The molecule has 0 aromatic carbocycles. The molecule has 2 saturated heterocycles. The van der Waals surface area contributed by atoms with E-state index in [0.29, 0.717) is 6.54 Å². The van der Waals surface area contributed by atoms with Gasteiger partial charge in [0.2, 0.25) is 5.91 Å². The number of rotatable bonds is 3. The van der Waals surface area contributed by atoms with Gasteiger partial charge in [-0.1, -0.05) is 13.8 Å². The van der Waals surface area contributed by atoms with Crippen LogP contribution in [0.5, 0.6) is 0 Å². The van der Waals surface area contributed by atoms with Gasteiger partial charge in [0.1, 0.15) is 6.04 Å². The monoisotopic (exact) mass is 296 g/mol. The molecule has 21 heavy (non-hydrogen) atoms. The minimum Gasteiger partial charge on any atom is -0.480 e. The predicted molar refractivity (Wildman–Crippen MR) is 81.0 cm³/mol. The topological polar surface area (TPSA) is 60.9 Å². The molecule has 2 aliphatic heterocycles. The molecule has 2 fully saturated rings. The van der Waals surface area contributed by atoms with Gasteiger partial charge in [0.15, 0.2) is 0 Å². The molecule has 2 rings (SSSR count). The van der Waals surface area contributed by atoms with Crippen molar-refractivity contribution >= 4 is 11.9 Å². The highest BCUT2D eigenvalue weighted by atomic mass is 16.4. The Morgan fingerprint density at radius 1 is 1.10 bits per heavy atom. The van der Waals surface area contributed by atoms with E-state index < -0.39 is 12.0 Å². The molecule has 2 aliphatic rings. The van der Waals surface area contributed by atoms with Crippen LogP contribution in [-0.2, 0) is 9.59 Å². The van der Waals surface area contributed by atoms with Gasteiger partial charge < -0.3 is 10.0 Å². The predicted octanol–water partition coefficient (Wildman–Crippen LogP) is 1.96. The van der Waals surface area contributed by atoms with Gasteiger partial charge >= 0.3 is 5.97 Å². The standard InChI is InChI=1S/C16H28N2O3/c1-12(14(19)17-9-5-4-6-10-17)18-11-7-8-16(2,3)13(18)15(20)21/h12-13H,4-11H2,1-3H3,(H,20,21). The number of amides is 1. The minimum atomic E-state index is -0.807. The van der Waals surface area contributed by atoms with E-state index in [1.807, 2.05) is 30.6 Å². The van der Waals surface area contributed by atoms with Crippen LogP contribution >= 0.6 is 0 Å². The van der Waals surface area contributed by atoms with Crippen molar-refractivity contribution in [2.45, 2.75) is 65.0 Å². The quantitative estimate of drug-likeness (QED) is 0.865. The SMILES string of the molecule is CC(C(=O)N1CCCCC1)N1CCCC(C)(C)C1C(=O)O. The molecule has 2 atom stereocenters. The first kappa shape index (κ1) is 16.3. The van der Waals surface area contributed by atoms with Gasteiger partial charge in [0.05, 0.1) is 6.04 Å². The fourth-order valence-electron chi connectivity index (χ4n) is 3.85. The van der Waals surface area contributed by atoms with E-state index >= 15 is 0 Å². The Balaban J connectivity index is 2.13. The van der Waals surface area contributed by atoms with Crippen LogP contribution in [0.25, 0.3) is 0 Å². The van der Waals surface area contributed by atoms with Crippen LogP contribution < -0.4 is 0 Å². The summed E-state index contributed by atoms with van der Waals surface area (Å²) in [5.74, 6) is -0.711. The Bertz CT molecular complexity index is 402. The molecule has 0 bridgehead atoms. The summed E-state index contributed by atoms with van der Waals surface area (Å²) in [5.41, 5.74) is -0.291. The Morgan fingerprint density at radius 3 is 2.29 bits per heavy atom. The molecule has 5 nitrogen and oxygen atoms in total. The summed E-state index contributed by atoms with van der Waals surface area (Å²) in [6.07, 6.45) is 5.16. The summed E-state index contributed by atoms with van der Waals surface area (Å²) < 4.78 is 0. The molecule has 2 unspecified atom stereocenters. The van der Waals surface area contributed by atoms with Gasteiger partial charge in [-0.2, -0.15) is 0 Å². The largest absolute Gasteiger partial charge is 0.480 e. The zero-order valence-corrected chi connectivity index (χ0v) is 13.5. The van der Waals surface area contributed by atoms with E-state index in [0.717, 1.165) is 38.8 Å². The number of carbonyl (C=O) groups excluding carboxylic acids is 1. The van der Waals surface area contributed by atoms with Gasteiger partial charge in [-0.25, -0.2) is 0 Å². The minimum absolute atomic E-state index is 0.0960. The second kappa shape index (κ2) is 6.34. The van der Waals surface area contributed by atoms with E-state index in [9.17, 15) is 14.7 Å². The number of carboxylic acids is 1. The van der Waals surface area contributed by atoms with Gasteiger partial charge in [-0.3, -0.25) is 14.5 Å². The van der Waals surface area contributed by atoms with Crippen molar-refractivity contribution in [2.24, 2.45) is 5.41 Å². The van der Waals surface area contributed by atoms with Crippen molar-refractivity contribution in [3.63, 3.8) is 0 Å². The Labute approximate surface area is 127 Å². The van der Waals surface area contributed by atoms with Crippen LogP contribution in [0.15, 0.2) is 0 Å². The van der Waals surface area contributed by atoms with Crippen molar-refractivity contribution in [3.05, 3.63) is 0 Å². The molecular formula is C16H28N2O3. The Kier molecular flexibility index (Phi) is 4.91. The maximum Gasteiger partial charge on any atom is 0.321 e. The van der Waals surface area contributed by atoms with Gasteiger partial charge in [-0.05, 0) is 51.0 Å².